The highest BCUT2D eigenvalue weighted by Crippen LogP contribution is 2.39. The van der Waals surface area contributed by atoms with Crippen LogP contribution in [0.3, 0.4) is 0 Å². The maximum absolute atomic E-state index is 14.7. The Morgan fingerprint density at radius 1 is 1.28 bits per heavy atom. The number of esters is 1. The predicted molar refractivity (Wildman–Crippen MR) is 128 cm³/mol. The summed E-state index contributed by atoms with van der Waals surface area (Å²) >= 11 is 3.60. The Kier molecular flexibility index (Phi) is 8.82. The van der Waals surface area contributed by atoms with Gasteiger partial charge in [-0.05, 0) is 106 Å². The third kappa shape index (κ3) is 7.27. The third-order valence-electron chi connectivity index (χ3n) is 4.55. The van der Waals surface area contributed by atoms with E-state index in [-0.39, 0.29) is 24.3 Å². The Bertz CT molecular complexity index is 977. The fraction of sp³-hybridized carbons (Fsp3) is 0.520. The molecule has 1 N–H and O–H groups in total. The number of benzene rings is 1. The standard InChI is InChI=1S/C21H23BrFNO3.C4H10O/c1-11(2)27-18(25)10-16-12(3)24-13(4)20(22)19(16)15-8-14-6-5-7-26-21(14)17(23)9-15;1-4(2,3)5/h8-9,11H,5-7,10H2,1-4H3;5H,1-3H3. The minimum Gasteiger partial charge on any atom is -0.490 e. The van der Waals surface area contributed by atoms with E-state index in [1.54, 1.807) is 20.8 Å². The second-order valence-corrected chi connectivity index (χ2v) is 10.0. The summed E-state index contributed by atoms with van der Waals surface area (Å²) < 4.78 is 26.2. The largest absolute Gasteiger partial charge is 0.490 e. The van der Waals surface area contributed by atoms with Crippen molar-refractivity contribution < 1.29 is 23.8 Å². The number of hydrogen-bond acceptors (Lipinski definition) is 5. The van der Waals surface area contributed by atoms with E-state index in [1.807, 2.05) is 33.8 Å². The lowest BCUT2D eigenvalue weighted by Gasteiger charge is -2.21. The Morgan fingerprint density at radius 2 is 1.91 bits per heavy atom. The number of fused-ring (bicyclic) bond motifs is 1. The lowest BCUT2D eigenvalue weighted by molar-refractivity contribution is -0.146. The van der Waals surface area contributed by atoms with Crippen molar-refractivity contribution in [3.8, 4) is 16.9 Å². The molecule has 2 heterocycles. The molecule has 1 aromatic heterocycles. The van der Waals surface area contributed by atoms with Gasteiger partial charge in [0.15, 0.2) is 11.6 Å². The first-order valence-electron chi connectivity index (χ1n) is 10.8. The number of carbonyl (C=O) groups excluding carboxylic acids is 1. The number of carbonyl (C=O) groups is 1. The first kappa shape index (κ1) is 26.3. The molecular weight excluding hydrogens is 477 g/mol. The van der Waals surface area contributed by atoms with Crippen LogP contribution < -0.4 is 4.74 Å². The van der Waals surface area contributed by atoms with Crippen LogP contribution in [0.2, 0.25) is 0 Å². The van der Waals surface area contributed by atoms with Crippen LogP contribution in [0.1, 0.15) is 63.6 Å². The van der Waals surface area contributed by atoms with E-state index in [4.69, 9.17) is 14.6 Å². The summed E-state index contributed by atoms with van der Waals surface area (Å²) in [5.41, 5.74) is 4.12. The molecule has 3 rings (SSSR count). The number of hydrogen-bond donors (Lipinski definition) is 1. The first-order chi connectivity index (χ1) is 14.8. The minimum absolute atomic E-state index is 0.0838. The second kappa shape index (κ2) is 10.8. The minimum atomic E-state index is -0.500. The van der Waals surface area contributed by atoms with Crippen molar-refractivity contribution in [3.63, 3.8) is 0 Å². The third-order valence-corrected chi connectivity index (χ3v) is 5.52. The molecule has 5 nitrogen and oxygen atoms in total. The molecule has 0 saturated carbocycles. The normalized spacial score (nSPS) is 13.1. The van der Waals surface area contributed by atoms with Gasteiger partial charge in [-0.2, -0.15) is 0 Å². The highest BCUT2D eigenvalue weighted by Gasteiger charge is 2.23. The summed E-state index contributed by atoms with van der Waals surface area (Å²) in [5.74, 6) is -0.366. The predicted octanol–water partition coefficient (Wildman–Crippen LogP) is 5.86. The molecule has 2 aromatic rings. The fourth-order valence-electron chi connectivity index (χ4n) is 3.41. The van der Waals surface area contributed by atoms with Crippen molar-refractivity contribution in [1.29, 1.82) is 0 Å². The van der Waals surface area contributed by atoms with Crippen LogP contribution in [-0.4, -0.2) is 34.4 Å². The van der Waals surface area contributed by atoms with Crippen LogP contribution >= 0.6 is 15.9 Å². The Labute approximate surface area is 198 Å². The van der Waals surface area contributed by atoms with Crippen LogP contribution in [0.25, 0.3) is 11.1 Å². The van der Waals surface area contributed by atoms with Gasteiger partial charge in [0.05, 0.1) is 30.4 Å². The molecule has 32 heavy (non-hydrogen) atoms. The average Bonchev–Trinajstić information content (AvgIpc) is 2.64. The van der Waals surface area contributed by atoms with Crippen molar-refractivity contribution >= 4 is 21.9 Å². The zero-order valence-corrected chi connectivity index (χ0v) is 21.5. The number of aryl methyl sites for hydroxylation is 3. The van der Waals surface area contributed by atoms with Crippen LogP contribution in [0, 0.1) is 19.7 Å². The SMILES string of the molecule is CC(C)(C)O.Cc1nc(C)c(CC(=O)OC(C)C)c(-c2cc(F)c3c(c2)CCCO3)c1Br. The summed E-state index contributed by atoms with van der Waals surface area (Å²) in [7, 11) is 0. The molecule has 1 aromatic carbocycles. The highest BCUT2D eigenvalue weighted by molar-refractivity contribution is 9.10. The van der Waals surface area contributed by atoms with Crippen molar-refractivity contribution in [2.75, 3.05) is 6.61 Å². The van der Waals surface area contributed by atoms with Gasteiger partial charge >= 0.3 is 5.97 Å². The van der Waals surface area contributed by atoms with Gasteiger partial charge in [0, 0.05) is 15.7 Å². The summed E-state index contributed by atoms with van der Waals surface area (Å²) in [4.78, 5) is 16.8. The number of aromatic nitrogens is 1. The van der Waals surface area contributed by atoms with Gasteiger partial charge in [0.25, 0.3) is 0 Å². The number of nitrogens with zero attached hydrogens (tertiary/aromatic N) is 1. The van der Waals surface area contributed by atoms with Crippen LogP contribution in [0.4, 0.5) is 4.39 Å². The number of rotatable bonds is 4. The van der Waals surface area contributed by atoms with Gasteiger partial charge < -0.3 is 14.6 Å². The maximum Gasteiger partial charge on any atom is 0.310 e. The van der Waals surface area contributed by atoms with E-state index < -0.39 is 5.60 Å². The molecule has 7 heteroatoms. The van der Waals surface area contributed by atoms with Crippen LogP contribution in [0.15, 0.2) is 16.6 Å². The van der Waals surface area contributed by atoms with Gasteiger partial charge in [0.1, 0.15) is 0 Å². The molecule has 0 fully saturated rings. The molecular formula is C25H33BrFNO4. The van der Waals surface area contributed by atoms with Gasteiger partial charge in [-0.1, -0.05) is 0 Å². The van der Waals surface area contributed by atoms with Crippen molar-refractivity contribution in [2.45, 2.75) is 79.4 Å². The molecule has 0 aliphatic carbocycles. The lowest BCUT2D eigenvalue weighted by atomic mass is 9.93. The monoisotopic (exact) mass is 509 g/mol. The van der Waals surface area contributed by atoms with Crippen molar-refractivity contribution in [1.82, 2.24) is 4.98 Å². The zero-order chi connectivity index (χ0) is 24.2. The molecule has 0 amide bonds. The maximum atomic E-state index is 14.7. The first-order valence-corrected chi connectivity index (χ1v) is 11.6. The molecule has 0 bridgehead atoms. The van der Waals surface area contributed by atoms with Crippen LogP contribution in [0.5, 0.6) is 5.75 Å². The molecule has 0 saturated heterocycles. The van der Waals surface area contributed by atoms with E-state index in [0.29, 0.717) is 17.9 Å². The van der Waals surface area contributed by atoms with Gasteiger partial charge in [-0.3, -0.25) is 9.78 Å². The van der Waals surface area contributed by atoms with Crippen LogP contribution in [-0.2, 0) is 22.4 Å². The van der Waals surface area contributed by atoms with E-state index in [9.17, 15) is 9.18 Å². The van der Waals surface area contributed by atoms with E-state index >= 15 is 0 Å². The average molecular weight is 510 g/mol. The summed E-state index contributed by atoms with van der Waals surface area (Å²) in [5, 5.41) is 8.52. The summed E-state index contributed by atoms with van der Waals surface area (Å²) in [6.45, 7) is 13.1. The smallest absolute Gasteiger partial charge is 0.310 e. The molecule has 0 radical (unpaired) electrons. The van der Waals surface area contributed by atoms with E-state index in [0.717, 1.165) is 45.4 Å². The molecule has 1 aliphatic heterocycles. The lowest BCUT2D eigenvalue weighted by Crippen LogP contribution is -2.16. The second-order valence-electron chi connectivity index (χ2n) is 9.23. The molecule has 0 spiro atoms. The topological polar surface area (TPSA) is 68.7 Å². The van der Waals surface area contributed by atoms with Gasteiger partial charge in [-0.15, -0.1) is 0 Å². The molecule has 1 aliphatic rings. The summed E-state index contributed by atoms with van der Waals surface area (Å²) in [6.07, 6.45) is 1.52. The Hall–Kier alpha value is -1.99. The number of aliphatic hydroxyl groups is 1. The zero-order valence-electron chi connectivity index (χ0n) is 19.9. The molecule has 176 valence electrons. The van der Waals surface area contributed by atoms with Crippen molar-refractivity contribution in [3.05, 3.63) is 44.9 Å². The molecule has 0 unspecified atom stereocenters. The van der Waals surface area contributed by atoms with E-state index in [2.05, 4.69) is 20.9 Å². The van der Waals surface area contributed by atoms with Crippen molar-refractivity contribution in [2.24, 2.45) is 0 Å². The summed E-state index contributed by atoms with van der Waals surface area (Å²) in [6, 6.07) is 3.42. The van der Waals surface area contributed by atoms with E-state index in [1.165, 1.54) is 6.07 Å². The van der Waals surface area contributed by atoms with Gasteiger partial charge in [-0.25, -0.2) is 4.39 Å². The Balaban J connectivity index is 0.000000654. The Morgan fingerprint density at radius 3 is 2.50 bits per heavy atom. The number of pyridine rings is 1. The quantitative estimate of drug-likeness (QED) is 0.522. The molecule has 0 atom stereocenters. The highest BCUT2D eigenvalue weighted by atomic mass is 79.9. The fourth-order valence-corrected chi connectivity index (χ4v) is 3.96. The number of ether oxygens (including phenoxy) is 2. The number of halogens is 2. The van der Waals surface area contributed by atoms with Gasteiger partial charge in [0.2, 0.25) is 0 Å².